The van der Waals surface area contributed by atoms with Crippen molar-refractivity contribution >= 4 is 11.7 Å². The summed E-state index contributed by atoms with van der Waals surface area (Å²) in [7, 11) is 3.46. The molecule has 5 rings (SSSR count). The number of nitrogens with zero attached hydrogens (tertiary/aromatic N) is 3. The Kier molecular flexibility index (Phi) is 5.51. The van der Waals surface area contributed by atoms with Gasteiger partial charge in [0.2, 0.25) is 0 Å². The average Bonchev–Trinajstić information content (AvgIpc) is 3.25. The number of aromatic nitrogens is 2. The zero-order valence-corrected chi connectivity index (χ0v) is 19.5. The molecule has 2 aliphatic rings. The molecule has 1 spiro atoms. The van der Waals surface area contributed by atoms with E-state index in [0.29, 0.717) is 43.0 Å². The highest BCUT2D eigenvalue weighted by Gasteiger charge is 2.45. The van der Waals surface area contributed by atoms with Gasteiger partial charge in [-0.15, -0.1) is 0 Å². The van der Waals surface area contributed by atoms with Crippen LogP contribution in [0.25, 0.3) is 11.3 Å². The monoisotopic (exact) mass is 463 g/mol. The minimum absolute atomic E-state index is 0. The number of ether oxygens (including phenoxy) is 3. The maximum Gasteiger partial charge on any atom is 0.253 e. The normalized spacial score (nSPS) is 15.8. The minimum atomic E-state index is -0.503. The second kappa shape index (κ2) is 8.52. The number of fused-ring (bicyclic) bond motifs is 4. The number of ketones is 1. The maximum absolute atomic E-state index is 13.3. The Morgan fingerprint density at radius 2 is 1.91 bits per heavy atom. The number of piperidine rings is 1. The molecule has 1 aromatic heterocycles. The summed E-state index contributed by atoms with van der Waals surface area (Å²) < 4.78 is 19.3. The molecular weight excluding hydrogens is 434 g/mol. The van der Waals surface area contributed by atoms with Crippen LogP contribution in [0, 0.1) is 0 Å². The second-order valence-corrected chi connectivity index (χ2v) is 8.77. The van der Waals surface area contributed by atoms with E-state index in [1.165, 1.54) is 14.0 Å². The summed E-state index contributed by atoms with van der Waals surface area (Å²) in [6.45, 7) is 2.52. The van der Waals surface area contributed by atoms with E-state index < -0.39 is 5.60 Å². The van der Waals surface area contributed by atoms with Gasteiger partial charge >= 0.3 is 0 Å². The van der Waals surface area contributed by atoms with Crippen LogP contribution in [0.3, 0.4) is 0 Å². The van der Waals surface area contributed by atoms with Gasteiger partial charge < -0.3 is 19.1 Å². The molecule has 1 fully saturated rings. The summed E-state index contributed by atoms with van der Waals surface area (Å²) in [5, 5.41) is 4.51. The molecule has 178 valence electrons. The average molecular weight is 464 g/mol. The molecule has 0 aliphatic carbocycles. The number of hydrogen-bond acceptors (Lipinski definition) is 6. The van der Waals surface area contributed by atoms with E-state index in [-0.39, 0.29) is 19.7 Å². The van der Waals surface area contributed by atoms with Crippen LogP contribution in [0.1, 0.15) is 37.1 Å². The quantitative estimate of drug-likeness (QED) is 0.572. The number of para-hydroxylation sites is 1. The van der Waals surface area contributed by atoms with E-state index >= 15 is 0 Å². The van der Waals surface area contributed by atoms with Gasteiger partial charge in [0.25, 0.3) is 5.91 Å². The molecule has 8 heteroatoms. The number of Topliss-reactive ketones (excluding diaryl/α,β-unsaturated/α-hetero) is 1. The van der Waals surface area contributed by atoms with Gasteiger partial charge in [0, 0.05) is 51.1 Å². The molecule has 0 N–H and O–H groups in total. The van der Waals surface area contributed by atoms with Crippen molar-refractivity contribution in [3.8, 4) is 28.5 Å². The fourth-order valence-corrected chi connectivity index (χ4v) is 4.83. The highest BCUT2D eigenvalue weighted by Crippen LogP contribution is 2.49. The Morgan fingerprint density at radius 3 is 2.65 bits per heavy atom. The van der Waals surface area contributed by atoms with Crippen LogP contribution in [0.4, 0.5) is 0 Å². The molecule has 3 heterocycles. The van der Waals surface area contributed by atoms with Crippen molar-refractivity contribution in [3.05, 3.63) is 59.8 Å². The third-order valence-corrected chi connectivity index (χ3v) is 6.58. The highest BCUT2D eigenvalue weighted by atomic mass is 16.5. The second-order valence-electron chi connectivity index (χ2n) is 8.77. The predicted octanol–water partition coefficient (Wildman–Crippen LogP) is 3.83. The van der Waals surface area contributed by atoms with Gasteiger partial charge in [0.15, 0.2) is 17.3 Å². The van der Waals surface area contributed by atoms with Gasteiger partial charge in [0.05, 0.1) is 19.0 Å². The Bertz CT molecular complexity index is 1260. The fourth-order valence-electron chi connectivity index (χ4n) is 4.83. The smallest absolute Gasteiger partial charge is 0.253 e. The van der Waals surface area contributed by atoms with E-state index in [9.17, 15) is 9.59 Å². The summed E-state index contributed by atoms with van der Waals surface area (Å²) >= 11 is 0. The lowest BCUT2D eigenvalue weighted by Crippen LogP contribution is -2.49. The molecule has 0 saturated carbocycles. The molecule has 8 nitrogen and oxygen atoms in total. The van der Waals surface area contributed by atoms with Crippen molar-refractivity contribution in [2.24, 2.45) is 7.05 Å². The van der Waals surface area contributed by atoms with Crippen molar-refractivity contribution in [2.45, 2.75) is 25.4 Å². The first-order valence-electron chi connectivity index (χ1n) is 11.3. The molecule has 0 radical (unpaired) electrons. The van der Waals surface area contributed by atoms with Crippen LogP contribution in [0.5, 0.6) is 17.2 Å². The minimum Gasteiger partial charge on any atom is -0.493 e. The number of rotatable bonds is 5. The van der Waals surface area contributed by atoms with Gasteiger partial charge in [-0.25, -0.2) is 0 Å². The third kappa shape index (κ3) is 3.69. The number of amides is 1. The molecule has 1 saturated heterocycles. The lowest BCUT2D eigenvalue weighted by atomic mass is 9.81. The Hall–Kier alpha value is -3.81. The molecular formula is C26H29N3O5. The first-order valence-corrected chi connectivity index (χ1v) is 11.3. The van der Waals surface area contributed by atoms with E-state index in [2.05, 4.69) is 11.2 Å². The molecule has 1 amide bonds. The topological polar surface area (TPSA) is 82.9 Å². The molecule has 2 aromatic carbocycles. The van der Waals surface area contributed by atoms with E-state index in [1.54, 1.807) is 18.2 Å². The molecule has 0 bridgehead atoms. The predicted molar refractivity (Wildman–Crippen MR) is 127 cm³/mol. The first-order chi connectivity index (χ1) is 16.4. The molecule has 34 heavy (non-hydrogen) atoms. The zero-order chi connectivity index (χ0) is 23.9. The number of carbonyl (C=O) groups is 2. The van der Waals surface area contributed by atoms with Gasteiger partial charge in [-0.3, -0.25) is 14.3 Å². The largest absolute Gasteiger partial charge is 0.493 e. The lowest BCUT2D eigenvalue weighted by Gasteiger charge is -2.44. The molecule has 0 atom stereocenters. The van der Waals surface area contributed by atoms with Crippen molar-refractivity contribution in [3.63, 3.8) is 0 Å². The Morgan fingerprint density at radius 1 is 1.15 bits per heavy atom. The van der Waals surface area contributed by atoms with Crippen LogP contribution >= 0.6 is 0 Å². The fraction of sp³-hybridized carbons (Fsp3) is 0.346. The number of hydrogen-bond donors (Lipinski definition) is 0. The van der Waals surface area contributed by atoms with Gasteiger partial charge in [0.1, 0.15) is 18.0 Å². The number of likely N-dealkylation sites (tertiary alicyclic amines) is 1. The third-order valence-electron chi connectivity index (χ3n) is 6.58. The van der Waals surface area contributed by atoms with Gasteiger partial charge in [-0.05, 0) is 37.3 Å². The summed E-state index contributed by atoms with van der Waals surface area (Å²) in [5.74, 6) is 1.55. The Labute approximate surface area is 199 Å². The van der Waals surface area contributed by atoms with Crippen LogP contribution in [-0.4, -0.2) is 53.2 Å². The molecule has 2 aliphatic heterocycles. The van der Waals surface area contributed by atoms with Crippen LogP contribution < -0.4 is 14.2 Å². The van der Waals surface area contributed by atoms with Crippen LogP contribution in [0.15, 0.2) is 48.7 Å². The first kappa shape index (κ1) is 22.0. The van der Waals surface area contributed by atoms with Crippen molar-refractivity contribution < 1.29 is 25.2 Å². The molecule has 0 unspecified atom stereocenters. The Balaban J connectivity index is 0.00000289. The summed E-state index contributed by atoms with van der Waals surface area (Å²) in [6.07, 6.45) is 3.23. The van der Waals surface area contributed by atoms with Crippen molar-refractivity contribution in [1.29, 1.82) is 0 Å². The van der Waals surface area contributed by atoms with Crippen LogP contribution in [0.2, 0.25) is 0 Å². The summed E-state index contributed by atoms with van der Waals surface area (Å²) in [6, 6.07) is 13.1. The zero-order valence-electron chi connectivity index (χ0n) is 19.5. The van der Waals surface area contributed by atoms with E-state index in [4.69, 9.17) is 14.2 Å². The highest BCUT2D eigenvalue weighted by molar-refractivity contribution is 5.95. The number of benzene rings is 2. The van der Waals surface area contributed by atoms with Gasteiger partial charge in [-0.2, -0.15) is 5.10 Å². The summed E-state index contributed by atoms with van der Waals surface area (Å²) in [5.41, 5.74) is 3.21. The standard InChI is InChI=1S/C26H27N3O5.H2/c1-17(30)16-33-22-9-8-18(14-23(22)32-3)25(31)29-12-10-26(11-13-29)20-15-27-28(2)24(20)19-6-4-5-7-21(19)34-26;/h4-9,14-15H,10-13,16H2,1-3H3;1H. The number of carbonyl (C=O) groups excluding carboxylic acids is 2. The van der Waals surface area contributed by atoms with E-state index in [1.807, 2.05) is 41.0 Å². The summed E-state index contributed by atoms with van der Waals surface area (Å²) in [4.78, 5) is 26.4. The maximum atomic E-state index is 13.3. The SMILES string of the molecule is COc1cc(C(=O)N2CCC3(CC2)Oc2ccccc2-c2c3cnn2C)ccc1OCC(C)=O.[HH]. The molecule has 3 aromatic rings. The van der Waals surface area contributed by atoms with Crippen LogP contribution in [-0.2, 0) is 17.4 Å². The van der Waals surface area contributed by atoms with Crippen molar-refractivity contribution in [2.75, 3.05) is 26.8 Å². The van der Waals surface area contributed by atoms with Gasteiger partial charge in [-0.1, -0.05) is 12.1 Å². The number of aryl methyl sites for hydroxylation is 1. The van der Waals surface area contributed by atoms with Crippen molar-refractivity contribution in [1.82, 2.24) is 14.7 Å². The van der Waals surface area contributed by atoms with E-state index in [0.717, 1.165) is 22.6 Å². The number of methoxy groups -OCH3 is 1. The lowest BCUT2D eigenvalue weighted by molar-refractivity contribution is -0.118.